The van der Waals surface area contributed by atoms with E-state index in [1.165, 1.54) is 12.1 Å². The third-order valence-electron chi connectivity index (χ3n) is 5.68. The number of hydrogen-bond acceptors (Lipinski definition) is 3. The molecule has 0 saturated heterocycles. The number of rotatable bonds is 7. The van der Waals surface area contributed by atoms with Crippen LogP contribution in [0.4, 0.5) is 4.39 Å². The summed E-state index contributed by atoms with van der Waals surface area (Å²) in [6, 6.07) is 13.4. The van der Waals surface area contributed by atoms with E-state index in [-0.39, 0.29) is 11.4 Å². The van der Waals surface area contributed by atoms with Gasteiger partial charge in [0.05, 0.1) is 11.3 Å². The molecular formula is C26H23ClFNO3. The lowest BCUT2D eigenvalue weighted by Crippen LogP contribution is -2.05. The van der Waals surface area contributed by atoms with Crippen molar-refractivity contribution in [1.29, 1.82) is 0 Å². The van der Waals surface area contributed by atoms with Crippen molar-refractivity contribution in [2.45, 2.75) is 39.2 Å². The number of halogens is 2. The molecule has 4 rings (SSSR count). The molecule has 3 aromatic rings. The summed E-state index contributed by atoms with van der Waals surface area (Å²) in [6.07, 6.45) is 4.93. The molecule has 4 nitrogen and oxygen atoms in total. The second kappa shape index (κ2) is 9.53. The lowest BCUT2D eigenvalue weighted by molar-refractivity contribution is 0.0695. The number of carboxylic acids is 1. The summed E-state index contributed by atoms with van der Waals surface area (Å²) in [7, 11) is 0. The van der Waals surface area contributed by atoms with Crippen LogP contribution in [0.5, 0.6) is 5.75 Å². The van der Waals surface area contributed by atoms with Gasteiger partial charge in [-0.15, -0.1) is 0 Å². The first-order valence-corrected chi connectivity index (χ1v) is 11.0. The Kier molecular flexibility index (Phi) is 6.56. The maximum atomic E-state index is 13.2. The van der Waals surface area contributed by atoms with Crippen LogP contribution in [0.1, 0.15) is 58.9 Å². The molecule has 1 aliphatic rings. The molecule has 1 aliphatic carbocycles. The molecule has 2 aromatic carbocycles. The zero-order valence-corrected chi connectivity index (χ0v) is 18.5. The van der Waals surface area contributed by atoms with E-state index in [0.717, 1.165) is 47.1 Å². The number of pyridine rings is 1. The second-order valence-corrected chi connectivity index (χ2v) is 8.18. The summed E-state index contributed by atoms with van der Waals surface area (Å²) in [5.41, 5.74) is 5.54. The maximum Gasteiger partial charge on any atom is 0.337 e. The summed E-state index contributed by atoms with van der Waals surface area (Å²) in [6.45, 7) is 2.19. The first-order valence-electron chi connectivity index (χ1n) is 10.6. The second-order valence-electron chi connectivity index (χ2n) is 7.74. The predicted octanol–water partition coefficient (Wildman–Crippen LogP) is 6.81. The van der Waals surface area contributed by atoms with Gasteiger partial charge in [-0.3, -0.25) is 4.98 Å². The van der Waals surface area contributed by atoms with Crippen molar-refractivity contribution in [2.75, 3.05) is 0 Å². The van der Waals surface area contributed by atoms with Crippen LogP contribution in [0.2, 0.25) is 5.02 Å². The zero-order valence-electron chi connectivity index (χ0n) is 17.7. The number of allylic oxidation sites excluding steroid dienone is 2. The standard InChI is InChI=1S/C26H23ClFNO3/c1-2-24-23(26(30)31)12-17(14-29-24)20-4-3-5-21(20)22-13-18(27)8-11-25(22)32-15-16-6-9-19(28)10-7-16/h6-14H,2-5,15H2,1H3,(H,30,31). The average molecular weight is 452 g/mol. The van der Waals surface area contributed by atoms with Crippen molar-refractivity contribution in [3.8, 4) is 5.75 Å². The minimum absolute atomic E-state index is 0.239. The molecule has 0 aliphatic heterocycles. The fourth-order valence-electron chi connectivity index (χ4n) is 4.09. The molecule has 0 amide bonds. The summed E-state index contributed by atoms with van der Waals surface area (Å²) >= 11 is 6.32. The van der Waals surface area contributed by atoms with Crippen molar-refractivity contribution < 1.29 is 19.0 Å². The summed E-state index contributed by atoms with van der Waals surface area (Å²) < 4.78 is 19.3. The number of carboxylic acid groups (broad SMARTS) is 1. The van der Waals surface area contributed by atoms with Crippen LogP contribution in [0.3, 0.4) is 0 Å². The molecular weight excluding hydrogens is 429 g/mol. The normalized spacial score (nSPS) is 13.5. The van der Waals surface area contributed by atoms with Gasteiger partial charge in [0, 0.05) is 16.8 Å². The zero-order chi connectivity index (χ0) is 22.7. The Morgan fingerprint density at radius 1 is 1.12 bits per heavy atom. The number of hydrogen-bond donors (Lipinski definition) is 1. The monoisotopic (exact) mass is 451 g/mol. The lowest BCUT2D eigenvalue weighted by Gasteiger charge is -2.16. The number of aryl methyl sites for hydroxylation is 1. The van der Waals surface area contributed by atoms with Gasteiger partial charge in [0.1, 0.15) is 18.2 Å². The Hall–Kier alpha value is -3.18. The fraction of sp³-hybridized carbons (Fsp3) is 0.231. The molecule has 0 bridgehead atoms. The van der Waals surface area contributed by atoms with Crippen LogP contribution in [-0.2, 0) is 13.0 Å². The van der Waals surface area contributed by atoms with E-state index < -0.39 is 5.97 Å². The van der Waals surface area contributed by atoms with Crippen LogP contribution < -0.4 is 4.74 Å². The number of nitrogens with zero attached hydrogens (tertiary/aromatic N) is 1. The Labute approximate surface area is 191 Å². The van der Waals surface area contributed by atoms with Crippen LogP contribution in [0.25, 0.3) is 11.1 Å². The molecule has 32 heavy (non-hydrogen) atoms. The molecule has 164 valence electrons. The molecule has 0 saturated carbocycles. The number of aromatic carboxylic acids is 1. The van der Waals surface area contributed by atoms with Crippen LogP contribution in [-0.4, -0.2) is 16.1 Å². The molecule has 0 spiro atoms. The van der Waals surface area contributed by atoms with Gasteiger partial charge in [0.2, 0.25) is 0 Å². The van der Waals surface area contributed by atoms with Gasteiger partial charge in [0.15, 0.2) is 0 Å². The summed E-state index contributed by atoms with van der Waals surface area (Å²) in [5.74, 6) is -0.572. The highest BCUT2D eigenvalue weighted by molar-refractivity contribution is 6.30. The first-order chi connectivity index (χ1) is 15.5. The van der Waals surface area contributed by atoms with Crippen molar-refractivity contribution >= 4 is 28.7 Å². The van der Waals surface area contributed by atoms with E-state index in [2.05, 4.69) is 4.98 Å². The third-order valence-corrected chi connectivity index (χ3v) is 5.91. The van der Waals surface area contributed by atoms with Crippen molar-refractivity contribution in [2.24, 2.45) is 0 Å². The molecule has 0 radical (unpaired) electrons. The van der Waals surface area contributed by atoms with E-state index in [9.17, 15) is 14.3 Å². The van der Waals surface area contributed by atoms with Gasteiger partial charge in [-0.1, -0.05) is 30.7 Å². The highest BCUT2D eigenvalue weighted by Gasteiger charge is 2.23. The average Bonchev–Trinajstić information content (AvgIpc) is 3.28. The minimum Gasteiger partial charge on any atom is -0.488 e. The van der Waals surface area contributed by atoms with Gasteiger partial charge >= 0.3 is 5.97 Å². The smallest absolute Gasteiger partial charge is 0.337 e. The molecule has 6 heteroatoms. The summed E-state index contributed by atoms with van der Waals surface area (Å²) in [4.78, 5) is 16.1. The largest absolute Gasteiger partial charge is 0.488 e. The highest BCUT2D eigenvalue weighted by atomic mass is 35.5. The van der Waals surface area contributed by atoms with Crippen LogP contribution >= 0.6 is 11.6 Å². The summed E-state index contributed by atoms with van der Waals surface area (Å²) in [5, 5.41) is 10.2. The molecule has 0 unspecified atom stereocenters. The van der Waals surface area contributed by atoms with Gasteiger partial charge in [0.25, 0.3) is 0 Å². The van der Waals surface area contributed by atoms with E-state index in [1.54, 1.807) is 30.5 Å². The van der Waals surface area contributed by atoms with Crippen LogP contribution in [0, 0.1) is 5.82 Å². The molecule has 1 aromatic heterocycles. The topological polar surface area (TPSA) is 59.4 Å². The fourth-order valence-corrected chi connectivity index (χ4v) is 4.26. The quantitative estimate of drug-likeness (QED) is 0.428. The van der Waals surface area contributed by atoms with Crippen molar-refractivity contribution in [3.63, 3.8) is 0 Å². The SMILES string of the molecule is CCc1ncc(C2=C(c3cc(Cl)ccc3OCc3ccc(F)cc3)CCC2)cc1C(=O)O. The Morgan fingerprint density at radius 2 is 1.88 bits per heavy atom. The molecule has 1 N–H and O–H groups in total. The highest BCUT2D eigenvalue weighted by Crippen LogP contribution is 2.43. The van der Waals surface area contributed by atoms with Gasteiger partial charge < -0.3 is 9.84 Å². The number of benzene rings is 2. The number of ether oxygens (including phenoxy) is 1. The van der Waals surface area contributed by atoms with Crippen LogP contribution in [0.15, 0.2) is 54.7 Å². The number of carbonyl (C=O) groups is 1. The maximum absolute atomic E-state index is 13.2. The van der Waals surface area contributed by atoms with E-state index in [1.807, 2.05) is 19.1 Å². The Bertz CT molecular complexity index is 1190. The van der Waals surface area contributed by atoms with E-state index >= 15 is 0 Å². The Morgan fingerprint density at radius 3 is 2.59 bits per heavy atom. The van der Waals surface area contributed by atoms with Gasteiger partial charge in [-0.2, -0.15) is 0 Å². The van der Waals surface area contributed by atoms with Crippen molar-refractivity contribution in [1.82, 2.24) is 4.98 Å². The van der Waals surface area contributed by atoms with Crippen molar-refractivity contribution in [3.05, 3.63) is 93.5 Å². The minimum atomic E-state index is -0.970. The molecule has 0 atom stereocenters. The first kappa shape index (κ1) is 22.0. The lowest BCUT2D eigenvalue weighted by atomic mass is 9.96. The third kappa shape index (κ3) is 4.68. The predicted molar refractivity (Wildman–Crippen MR) is 123 cm³/mol. The Balaban J connectivity index is 1.72. The van der Waals surface area contributed by atoms with E-state index in [0.29, 0.717) is 29.5 Å². The number of aromatic nitrogens is 1. The molecule has 0 fully saturated rings. The van der Waals surface area contributed by atoms with E-state index in [4.69, 9.17) is 16.3 Å². The molecule has 1 heterocycles. The van der Waals surface area contributed by atoms with Gasteiger partial charge in [-0.05, 0) is 84.4 Å². The van der Waals surface area contributed by atoms with Gasteiger partial charge in [-0.25, -0.2) is 9.18 Å².